The van der Waals surface area contributed by atoms with E-state index >= 15 is 0 Å². The van der Waals surface area contributed by atoms with Crippen LogP contribution in [0.2, 0.25) is 0 Å². The first-order chi connectivity index (χ1) is 11.2. The highest BCUT2D eigenvalue weighted by molar-refractivity contribution is 7.13. The van der Waals surface area contributed by atoms with Crippen LogP contribution in [-0.2, 0) is 6.54 Å². The van der Waals surface area contributed by atoms with Crippen molar-refractivity contribution >= 4 is 29.7 Å². The molecule has 6 heteroatoms. The zero-order chi connectivity index (χ0) is 16.1. The van der Waals surface area contributed by atoms with E-state index in [0.717, 1.165) is 42.9 Å². The number of thiophene rings is 1. The van der Waals surface area contributed by atoms with Crippen LogP contribution in [0.1, 0.15) is 39.5 Å². The van der Waals surface area contributed by atoms with Crippen LogP contribution >= 0.6 is 23.7 Å². The van der Waals surface area contributed by atoms with Gasteiger partial charge in [0.25, 0.3) is 5.91 Å². The lowest BCUT2D eigenvalue weighted by molar-refractivity contribution is 0.0647. The summed E-state index contributed by atoms with van der Waals surface area (Å²) in [6.07, 6.45) is 4.96. The third-order valence-electron chi connectivity index (χ3n) is 4.26. The smallest absolute Gasteiger partial charge is 0.264 e. The number of aromatic nitrogens is 1. The molecule has 1 aliphatic heterocycles. The molecule has 130 valence electrons. The molecule has 1 saturated heterocycles. The lowest BCUT2D eigenvalue weighted by atomic mass is 10.1. The predicted octanol–water partition coefficient (Wildman–Crippen LogP) is 3.66. The van der Waals surface area contributed by atoms with Crippen LogP contribution in [0.5, 0.6) is 0 Å². The average Bonchev–Trinajstić information content (AvgIpc) is 2.84. The minimum atomic E-state index is 0. The number of aryl methyl sites for hydroxylation is 1. The number of carbonyl (C=O) groups excluding carboxylic acids is 1. The lowest BCUT2D eigenvalue weighted by Crippen LogP contribution is -2.40. The molecule has 3 rings (SSSR count). The van der Waals surface area contributed by atoms with Crippen LogP contribution in [-0.4, -0.2) is 34.9 Å². The molecule has 0 saturated carbocycles. The molecular weight excluding hydrogens is 342 g/mol. The van der Waals surface area contributed by atoms with Crippen molar-refractivity contribution in [3.8, 4) is 0 Å². The molecule has 1 atom stereocenters. The highest BCUT2D eigenvalue weighted by Gasteiger charge is 2.26. The molecule has 0 aliphatic carbocycles. The number of nitrogens with zero attached hydrogens (tertiary/aromatic N) is 2. The van der Waals surface area contributed by atoms with Gasteiger partial charge < -0.3 is 10.2 Å². The zero-order valence-electron chi connectivity index (χ0n) is 13.9. The second-order valence-electron chi connectivity index (χ2n) is 6.00. The summed E-state index contributed by atoms with van der Waals surface area (Å²) in [6, 6.07) is 10.1. The third kappa shape index (κ3) is 4.79. The van der Waals surface area contributed by atoms with Gasteiger partial charge in [-0.25, -0.2) is 0 Å². The molecule has 1 aliphatic rings. The summed E-state index contributed by atoms with van der Waals surface area (Å²) in [7, 11) is 0. The zero-order valence-corrected chi connectivity index (χ0v) is 15.5. The van der Waals surface area contributed by atoms with E-state index in [9.17, 15) is 4.79 Å². The number of hydrogen-bond donors (Lipinski definition) is 1. The molecule has 0 radical (unpaired) electrons. The number of halogens is 1. The van der Waals surface area contributed by atoms with Gasteiger partial charge in [0, 0.05) is 17.1 Å². The van der Waals surface area contributed by atoms with Crippen molar-refractivity contribution in [2.75, 3.05) is 13.1 Å². The molecule has 0 aromatic carbocycles. The van der Waals surface area contributed by atoms with E-state index < -0.39 is 0 Å². The van der Waals surface area contributed by atoms with Gasteiger partial charge in [0.1, 0.15) is 0 Å². The summed E-state index contributed by atoms with van der Waals surface area (Å²) in [4.78, 5) is 21.5. The Labute approximate surface area is 153 Å². The number of hydrogen-bond acceptors (Lipinski definition) is 4. The Morgan fingerprint density at radius 1 is 1.29 bits per heavy atom. The second-order valence-corrected chi connectivity index (χ2v) is 7.29. The van der Waals surface area contributed by atoms with Crippen LogP contribution in [0.25, 0.3) is 0 Å². The van der Waals surface area contributed by atoms with E-state index in [2.05, 4.69) is 10.3 Å². The van der Waals surface area contributed by atoms with Crippen molar-refractivity contribution in [2.24, 2.45) is 0 Å². The molecule has 1 N–H and O–H groups in total. The van der Waals surface area contributed by atoms with Crippen molar-refractivity contribution < 1.29 is 4.79 Å². The van der Waals surface area contributed by atoms with Gasteiger partial charge in [-0.2, -0.15) is 0 Å². The molecule has 2 aromatic heterocycles. The van der Waals surface area contributed by atoms with Gasteiger partial charge in [0.15, 0.2) is 0 Å². The Balaban J connectivity index is 0.00000208. The summed E-state index contributed by atoms with van der Waals surface area (Å²) in [5.74, 6) is 0.139. The first-order valence-electron chi connectivity index (χ1n) is 8.22. The Kier molecular flexibility index (Phi) is 7.21. The molecule has 2 aromatic rings. The summed E-state index contributed by atoms with van der Waals surface area (Å²) >= 11 is 1.58. The first-order valence-corrected chi connectivity index (χ1v) is 9.04. The van der Waals surface area contributed by atoms with Crippen molar-refractivity contribution in [3.05, 3.63) is 52.0 Å². The molecular formula is C18H24ClN3OS. The summed E-state index contributed by atoms with van der Waals surface area (Å²) in [6.45, 7) is 4.64. The Morgan fingerprint density at radius 2 is 2.17 bits per heavy atom. The number of carbonyl (C=O) groups is 1. The van der Waals surface area contributed by atoms with Crippen molar-refractivity contribution in [3.63, 3.8) is 0 Å². The van der Waals surface area contributed by atoms with E-state index in [0.29, 0.717) is 6.54 Å². The fourth-order valence-electron chi connectivity index (χ4n) is 3.04. The molecule has 1 amide bonds. The monoisotopic (exact) mass is 365 g/mol. The topological polar surface area (TPSA) is 45.2 Å². The Morgan fingerprint density at radius 3 is 2.88 bits per heavy atom. The van der Waals surface area contributed by atoms with Gasteiger partial charge in [-0.05, 0) is 63.5 Å². The maximum atomic E-state index is 13.1. The molecule has 0 spiro atoms. The third-order valence-corrected chi connectivity index (χ3v) is 5.25. The molecule has 0 bridgehead atoms. The second kappa shape index (κ2) is 9.16. The van der Waals surface area contributed by atoms with E-state index in [1.54, 1.807) is 17.5 Å². The maximum absolute atomic E-state index is 13.1. The molecule has 3 heterocycles. The number of nitrogens with one attached hydrogen (secondary N) is 1. The SMILES string of the molecule is Cc1ccc(C(=O)N(Cc2ccccn2)C2CCCNCC2)s1.Cl. The molecule has 1 fully saturated rings. The number of amides is 1. The normalized spacial score (nSPS) is 17.6. The van der Waals surface area contributed by atoms with E-state index in [1.807, 2.05) is 42.2 Å². The lowest BCUT2D eigenvalue weighted by Gasteiger charge is -2.30. The largest absolute Gasteiger partial charge is 0.329 e. The van der Waals surface area contributed by atoms with E-state index in [4.69, 9.17) is 0 Å². The molecule has 24 heavy (non-hydrogen) atoms. The van der Waals surface area contributed by atoms with Crippen molar-refractivity contribution in [1.82, 2.24) is 15.2 Å². The summed E-state index contributed by atoms with van der Waals surface area (Å²) < 4.78 is 0. The highest BCUT2D eigenvalue weighted by Crippen LogP contribution is 2.23. The van der Waals surface area contributed by atoms with Gasteiger partial charge in [-0.3, -0.25) is 9.78 Å². The van der Waals surface area contributed by atoms with Crippen LogP contribution in [0.4, 0.5) is 0 Å². The minimum Gasteiger partial charge on any atom is -0.329 e. The van der Waals surface area contributed by atoms with Crippen molar-refractivity contribution in [2.45, 2.75) is 38.8 Å². The fourth-order valence-corrected chi connectivity index (χ4v) is 3.86. The number of rotatable bonds is 4. The standard InChI is InChI=1S/C18H23N3OS.ClH/c1-14-7-8-17(23-14)18(22)21(13-15-5-2-3-11-20-15)16-6-4-10-19-12-9-16;/h2-3,5,7-8,11,16,19H,4,6,9-10,12-13H2,1H3;1H. The minimum absolute atomic E-state index is 0. The average molecular weight is 366 g/mol. The predicted molar refractivity (Wildman–Crippen MR) is 101 cm³/mol. The van der Waals surface area contributed by atoms with Gasteiger partial charge in [0.2, 0.25) is 0 Å². The summed E-state index contributed by atoms with van der Waals surface area (Å²) in [5, 5.41) is 3.43. The first kappa shape index (κ1) is 18.9. The van der Waals surface area contributed by atoms with Crippen LogP contribution in [0.15, 0.2) is 36.5 Å². The van der Waals surface area contributed by atoms with Gasteiger partial charge >= 0.3 is 0 Å². The van der Waals surface area contributed by atoms with E-state index in [1.165, 1.54) is 4.88 Å². The maximum Gasteiger partial charge on any atom is 0.264 e. The van der Waals surface area contributed by atoms with Gasteiger partial charge in [-0.1, -0.05) is 6.07 Å². The van der Waals surface area contributed by atoms with Gasteiger partial charge in [0.05, 0.1) is 17.1 Å². The fraction of sp³-hybridized carbons (Fsp3) is 0.444. The van der Waals surface area contributed by atoms with Gasteiger partial charge in [-0.15, -0.1) is 23.7 Å². The number of pyridine rings is 1. The summed E-state index contributed by atoms with van der Waals surface area (Å²) in [5.41, 5.74) is 0.950. The van der Waals surface area contributed by atoms with Crippen molar-refractivity contribution in [1.29, 1.82) is 0 Å². The highest BCUT2D eigenvalue weighted by atomic mass is 35.5. The van der Waals surface area contributed by atoms with E-state index in [-0.39, 0.29) is 24.4 Å². The van der Waals surface area contributed by atoms with Crippen LogP contribution < -0.4 is 5.32 Å². The molecule has 1 unspecified atom stereocenters. The quantitative estimate of drug-likeness (QED) is 0.899. The van der Waals surface area contributed by atoms with Crippen LogP contribution in [0.3, 0.4) is 0 Å². The van der Waals surface area contributed by atoms with Crippen LogP contribution in [0, 0.1) is 6.92 Å². The molecule has 4 nitrogen and oxygen atoms in total. The Bertz CT molecular complexity index is 639. The Hall–Kier alpha value is -1.43.